The molecular weight excluding hydrogens is 424 g/mol. The van der Waals surface area contributed by atoms with Crippen LogP contribution in [0.1, 0.15) is 55.3 Å². The summed E-state index contributed by atoms with van der Waals surface area (Å²) in [6.45, 7) is 0. The first-order chi connectivity index (χ1) is 16.2. The zero-order chi connectivity index (χ0) is 22.3. The van der Waals surface area contributed by atoms with Crippen molar-refractivity contribution in [3.8, 4) is 16.7 Å². The van der Waals surface area contributed by atoms with E-state index in [1.165, 1.54) is 50.8 Å². The lowest BCUT2D eigenvalue weighted by molar-refractivity contribution is -0.0259. The summed E-state index contributed by atoms with van der Waals surface area (Å²) in [5.74, 6) is 7.01. The molecule has 0 N–H and O–H groups in total. The first-order valence-corrected chi connectivity index (χ1v) is 13.2. The third kappa shape index (κ3) is 3.73. The molecule has 0 atom stereocenters. The Balaban J connectivity index is 1.28. The summed E-state index contributed by atoms with van der Waals surface area (Å²) in [5, 5.41) is 2.63. The summed E-state index contributed by atoms with van der Waals surface area (Å²) in [4.78, 5) is 14.2. The summed E-state index contributed by atoms with van der Waals surface area (Å²) < 4.78 is 8.69. The molecule has 0 bridgehead atoms. The Hall–Kier alpha value is -3.09. The molecule has 0 radical (unpaired) electrons. The number of rotatable bonds is 3. The highest BCUT2D eigenvalue weighted by Crippen LogP contribution is 2.48. The zero-order valence-electron chi connectivity index (χ0n) is 18.7. The second-order valence-corrected chi connectivity index (χ2v) is 11.3. The van der Waals surface area contributed by atoms with Gasteiger partial charge in [-0.05, 0) is 80.6 Å². The van der Waals surface area contributed by atoms with Crippen LogP contribution >= 0.6 is 10.5 Å². The predicted molar refractivity (Wildman–Crippen MR) is 137 cm³/mol. The Kier molecular flexibility index (Phi) is 5.19. The lowest BCUT2D eigenvalue weighted by atomic mass is 9.80. The van der Waals surface area contributed by atoms with Crippen LogP contribution < -0.4 is 0 Å². The number of esters is 1. The Morgan fingerprint density at radius 1 is 0.818 bits per heavy atom. The van der Waals surface area contributed by atoms with Crippen molar-refractivity contribution >= 4 is 36.6 Å². The Morgan fingerprint density at radius 2 is 1.42 bits per heavy atom. The predicted octanol–water partition coefficient (Wildman–Crippen LogP) is 8.00. The molecule has 0 unspecified atom stereocenters. The van der Waals surface area contributed by atoms with Crippen molar-refractivity contribution in [1.82, 2.24) is 0 Å². The molecule has 2 fully saturated rings. The third-order valence-electron chi connectivity index (χ3n) is 7.14. The maximum atomic E-state index is 13.0. The third-order valence-corrected chi connectivity index (χ3v) is 9.47. The van der Waals surface area contributed by atoms with E-state index in [-0.39, 0.29) is 16.4 Å². The Morgan fingerprint density at radius 3 is 2.00 bits per heavy atom. The number of hydrogen-bond donors (Lipinski definition) is 0. The van der Waals surface area contributed by atoms with Crippen molar-refractivity contribution in [1.29, 1.82) is 0 Å². The van der Waals surface area contributed by atoms with Gasteiger partial charge in [-0.1, -0.05) is 48.9 Å². The van der Waals surface area contributed by atoms with Crippen LogP contribution in [0, 0.1) is 17.8 Å². The van der Waals surface area contributed by atoms with E-state index >= 15 is 0 Å². The van der Waals surface area contributed by atoms with Crippen LogP contribution in [0.25, 0.3) is 25.1 Å². The number of ether oxygens (including phenoxy) is 1. The van der Waals surface area contributed by atoms with E-state index in [9.17, 15) is 4.79 Å². The normalized spacial score (nSPS) is 17.5. The van der Waals surface area contributed by atoms with Gasteiger partial charge in [0.15, 0.2) is 19.9 Å². The number of benzene rings is 3. The van der Waals surface area contributed by atoms with Crippen molar-refractivity contribution in [2.24, 2.45) is 5.92 Å². The van der Waals surface area contributed by atoms with Crippen molar-refractivity contribution in [3.05, 3.63) is 78.4 Å². The lowest BCUT2D eigenvalue weighted by Crippen LogP contribution is -2.40. The molecule has 1 aromatic heterocycles. The van der Waals surface area contributed by atoms with Crippen LogP contribution in [0.2, 0.25) is 0 Å². The standard InChI is InChI=1S/C30H27O2S/c31-29(32-30(19-7-20-30)21-18-22-8-1-2-9-22)23-14-16-24(17-15-23)33-27-12-5-3-10-25(27)26-11-4-6-13-28(26)33/h3-6,10-17,22H,1-2,7-9,19-20H2/q+1. The van der Waals surface area contributed by atoms with E-state index in [2.05, 4.69) is 72.5 Å². The van der Waals surface area contributed by atoms with Gasteiger partial charge in [-0.2, -0.15) is 0 Å². The topological polar surface area (TPSA) is 26.3 Å². The number of hydrogen-bond acceptors (Lipinski definition) is 2. The van der Waals surface area contributed by atoms with E-state index in [0.717, 1.165) is 19.3 Å². The van der Waals surface area contributed by atoms with Crippen LogP contribution in [-0.2, 0) is 4.74 Å². The molecule has 6 rings (SSSR count). The quantitative estimate of drug-likeness (QED) is 0.179. The van der Waals surface area contributed by atoms with Crippen LogP contribution in [0.15, 0.2) is 72.8 Å². The van der Waals surface area contributed by atoms with Crippen molar-refractivity contribution in [2.45, 2.75) is 50.5 Å². The van der Waals surface area contributed by atoms with Gasteiger partial charge in [0, 0.05) is 27.2 Å². The molecule has 0 spiro atoms. The van der Waals surface area contributed by atoms with Gasteiger partial charge >= 0.3 is 5.97 Å². The average molecular weight is 452 g/mol. The van der Waals surface area contributed by atoms with Gasteiger partial charge in [0.25, 0.3) is 0 Å². The first-order valence-electron chi connectivity index (χ1n) is 12.0. The fourth-order valence-electron chi connectivity index (χ4n) is 5.12. The molecule has 0 aliphatic heterocycles. The minimum atomic E-state index is -0.566. The van der Waals surface area contributed by atoms with E-state index in [0.29, 0.717) is 11.5 Å². The molecule has 3 aromatic carbocycles. The molecule has 33 heavy (non-hydrogen) atoms. The Labute approximate surface area is 197 Å². The van der Waals surface area contributed by atoms with E-state index in [4.69, 9.17) is 4.74 Å². The molecule has 0 amide bonds. The van der Waals surface area contributed by atoms with Gasteiger partial charge in [0.1, 0.15) is 0 Å². The molecular formula is C30H27O2S+. The minimum Gasteiger partial charge on any atom is -0.442 e. The molecule has 0 saturated heterocycles. The average Bonchev–Trinajstić information content (AvgIpc) is 3.47. The number of fused-ring (bicyclic) bond motifs is 3. The largest absolute Gasteiger partial charge is 0.442 e. The molecule has 2 saturated carbocycles. The monoisotopic (exact) mass is 451 g/mol. The van der Waals surface area contributed by atoms with Gasteiger partial charge in [-0.25, -0.2) is 4.79 Å². The fourth-order valence-corrected chi connectivity index (χ4v) is 7.50. The molecule has 3 heteroatoms. The smallest absolute Gasteiger partial charge is 0.339 e. The van der Waals surface area contributed by atoms with Gasteiger partial charge in [0.05, 0.1) is 5.56 Å². The van der Waals surface area contributed by atoms with E-state index < -0.39 is 5.60 Å². The van der Waals surface area contributed by atoms with Crippen molar-refractivity contribution < 1.29 is 9.53 Å². The van der Waals surface area contributed by atoms with Gasteiger partial charge in [0.2, 0.25) is 0 Å². The highest BCUT2D eigenvalue weighted by atomic mass is 32.2. The van der Waals surface area contributed by atoms with E-state index in [1.54, 1.807) is 0 Å². The Bertz CT molecular complexity index is 1340. The minimum absolute atomic E-state index is 0.151. The molecule has 2 nitrogen and oxygen atoms in total. The van der Waals surface area contributed by atoms with Gasteiger partial charge in [-0.15, -0.1) is 0 Å². The maximum absolute atomic E-state index is 13.0. The van der Waals surface area contributed by atoms with Crippen molar-refractivity contribution in [2.75, 3.05) is 0 Å². The summed E-state index contributed by atoms with van der Waals surface area (Å²) in [5.41, 5.74) is 0.0423. The second kappa shape index (κ2) is 8.36. The number of carbonyl (C=O) groups excluding carboxylic acids is 1. The van der Waals surface area contributed by atoms with Crippen molar-refractivity contribution in [3.63, 3.8) is 0 Å². The van der Waals surface area contributed by atoms with Gasteiger partial charge in [-0.3, -0.25) is 0 Å². The molecule has 1 heterocycles. The van der Waals surface area contributed by atoms with Crippen LogP contribution in [0.4, 0.5) is 0 Å². The van der Waals surface area contributed by atoms with E-state index in [1.807, 2.05) is 12.1 Å². The molecule has 164 valence electrons. The number of thiophene rings is 1. The summed E-state index contributed by atoms with van der Waals surface area (Å²) in [6.07, 6.45) is 7.71. The van der Waals surface area contributed by atoms with Gasteiger partial charge < -0.3 is 4.74 Å². The van der Waals surface area contributed by atoms with Crippen LogP contribution in [0.3, 0.4) is 0 Å². The SMILES string of the molecule is O=C(OC1(C#CC2CCCC2)CCC1)c1ccc(-[s+]2c3ccccc3c3ccccc32)cc1. The zero-order valence-corrected chi connectivity index (χ0v) is 19.5. The summed E-state index contributed by atoms with van der Waals surface area (Å²) in [6, 6.07) is 25.3. The molecule has 2 aliphatic carbocycles. The van der Waals surface area contributed by atoms with Crippen LogP contribution in [-0.4, -0.2) is 11.6 Å². The first kappa shape index (κ1) is 20.5. The molecule has 2 aliphatic rings. The lowest BCUT2D eigenvalue weighted by Gasteiger charge is -2.36. The second-order valence-electron chi connectivity index (χ2n) is 9.31. The number of carbonyl (C=O) groups is 1. The van der Waals surface area contributed by atoms with Crippen LogP contribution in [0.5, 0.6) is 0 Å². The summed E-state index contributed by atoms with van der Waals surface area (Å²) in [7, 11) is -0.151. The molecule has 4 aromatic rings. The highest BCUT2D eigenvalue weighted by molar-refractivity contribution is 7.50. The highest BCUT2D eigenvalue weighted by Gasteiger charge is 2.40. The fraction of sp³-hybridized carbons (Fsp3) is 0.300. The summed E-state index contributed by atoms with van der Waals surface area (Å²) >= 11 is 0. The maximum Gasteiger partial charge on any atom is 0.339 e.